The highest BCUT2D eigenvalue weighted by Crippen LogP contribution is 2.20. The number of halogens is 1. The zero-order chi connectivity index (χ0) is 16.8. The summed E-state index contributed by atoms with van der Waals surface area (Å²) in [7, 11) is 0. The third-order valence-electron chi connectivity index (χ3n) is 3.29. The Labute approximate surface area is 136 Å². The first-order valence-electron chi connectivity index (χ1n) is 7.60. The van der Waals surface area contributed by atoms with Crippen molar-refractivity contribution < 1.29 is 9.18 Å². The molecule has 3 N–H and O–H groups in total. The van der Waals surface area contributed by atoms with Gasteiger partial charge in [-0.2, -0.15) is 0 Å². The molecule has 122 valence electrons. The number of hydrogen-bond acceptors (Lipinski definition) is 2. The van der Waals surface area contributed by atoms with Gasteiger partial charge in [0.15, 0.2) is 0 Å². The molecule has 4 nitrogen and oxygen atoms in total. The highest BCUT2D eigenvalue weighted by Gasteiger charge is 2.05. The molecule has 0 saturated carbocycles. The topological polar surface area (TPSA) is 53.2 Å². The summed E-state index contributed by atoms with van der Waals surface area (Å²) in [4.78, 5) is 11.9. The molecule has 2 amide bonds. The minimum Gasteiger partial charge on any atom is -0.383 e. The highest BCUT2D eigenvalue weighted by molar-refractivity contribution is 5.89. The van der Waals surface area contributed by atoms with Crippen molar-refractivity contribution in [2.75, 3.05) is 10.6 Å². The van der Waals surface area contributed by atoms with Crippen molar-refractivity contribution in [3.63, 3.8) is 0 Å². The first-order chi connectivity index (χ1) is 10.9. The normalized spacial score (nSPS) is 10.5. The van der Waals surface area contributed by atoms with Gasteiger partial charge in [-0.25, -0.2) is 9.18 Å². The smallest absolute Gasteiger partial charge is 0.319 e. The van der Waals surface area contributed by atoms with Crippen LogP contribution in [0.3, 0.4) is 0 Å². The summed E-state index contributed by atoms with van der Waals surface area (Å²) in [5.41, 5.74) is 3.69. The van der Waals surface area contributed by atoms with E-state index in [-0.39, 0.29) is 11.8 Å². The van der Waals surface area contributed by atoms with Crippen LogP contribution in [0.25, 0.3) is 0 Å². The van der Waals surface area contributed by atoms with Gasteiger partial charge in [0.25, 0.3) is 0 Å². The van der Waals surface area contributed by atoms with Crippen molar-refractivity contribution in [3.8, 4) is 0 Å². The fourth-order valence-electron chi connectivity index (χ4n) is 2.17. The van der Waals surface area contributed by atoms with Crippen LogP contribution in [0, 0.1) is 12.7 Å². The molecular weight excluding hydrogens is 293 g/mol. The van der Waals surface area contributed by atoms with E-state index in [1.54, 1.807) is 12.1 Å². The third kappa shape index (κ3) is 5.29. The standard InChI is InChI=1S/C18H22FN3O/c1-12(2)21-17-9-8-16(10-13(17)3)22-18(23)20-11-14-4-6-15(19)7-5-14/h4-10,12,21H,11H2,1-3H3,(H2,20,22,23). The van der Waals surface area contributed by atoms with Crippen molar-refractivity contribution in [2.24, 2.45) is 0 Å². The number of nitrogens with one attached hydrogen (secondary N) is 3. The van der Waals surface area contributed by atoms with Gasteiger partial charge >= 0.3 is 6.03 Å². The molecule has 23 heavy (non-hydrogen) atoms. The van der Waals surface area contributed by atoms with Crippen LogP contribution in [0.4, 0.5) is 20.6 Å². The summed E-state index contributed by atoms with van der Waals surface area (Å²) in [5.74, 6) is -0.288. The molecule has 0 aliphatic carbocycles. The number of urea groups is 1. The summed E-state index contributed by atoms with van der Waals surface area (Å²) in [5, 5.41) is 8.88. The van der Waals surface area contributed by atoms with E-state index < -0.39 is 0 Å². The Morgan fingerprint density at radius 2 is 1.83 bits per heavy atom. The average molecular weight is 315 g/mol. The Balaban J connectivity index is 1.89. The highest BCUT2D eigenvalue weighted by atomic mass is 19.1. The Morgan fingerprint density at radius 1 is 1.13 bits per heavy atom. The lowest BCUT2D eigenvalue weighted by Crippen LogP contribution is -2.28. The fourth-order valence-corrected chi connectivity index (χ4v) is 2.17. The van der Waals surface area contributed by atoms with E-state index in [0.717, 1.165) is 22.5 Å². The molecule has 0 heterocycles. The van der Waals surface area contributed by atoms with Crippen molar-refractivity contribution in [1.82, 2.24) is 5.32 Å². The van der Waals surface area contributed by atoms with Gasteiger partial charge < -0.3 is 16.0 Å². The molecule has 0 aliphatic heterocycles. The predicted molar refractivity (Wildman–Crippen MR) is 92.2 cm³/mol. The van der Waals surface area contributed by atoms with E-state index in [9.17, 15) is 9.18 Å². The predicted octanol–water partition coefficient (Wildman–Crippen LogP) is 4.28. The minimum atomic E-state index is -0.293. The number of amides is 2. The molecule has 5 heteroatoms. The molecule has 2 aromatic rings. The van der Waals surface area contributed by atoms with Gasteiger partial charge in [-0.05, 0) is 62.2 Å². The van der Waals surface area contributed by atoms with Crippen LogP contribution in [0.15, 0.2) is 42.5 Å². The second kappa shape index (κ2) is 7.63. The van der Waals surface area contributed by atoms with Gasteiger partial charge in [0.05, 0.1) is 0 Å². The van der Waals surface area contributed by atoms with Crippen LogP contribution in [-0.2, 0) is 6.54 Å². The molecule has 0 saturated heterocycles. The van der Waals surface area contributed by atoms with Gasteiger partial charge in [-0.3, -0.25) is 0 Å². The number of aryl methyl sites for hydroxylation is 1. The van der Waals surface area contributed by atoms with E-state index in [1.165, 1.54) is 12.1 Å². The van der Waals surface area contributed by atoms with E-state index in [1.807, 2.05) is 25.1 Å². The maximum atomic E-state index is 12.8. The summed E-state index contributed by atoms with van der Waals surface area (Å²) < 4.78 is 12.8. The van der Waals surface area contributed by atoms with Crippen molar-refractivity contribution in [1.29, 1.82) is 0 Å². The number of rotatable bonds is 5. The van der Waals surface area contributed by atoms with Gasteiger partial charge in [0.2, 0.25) is 0 Å². The number of carbonyl (C=O) groups excluding carboxylic acids is 1. The van der Waals surface area contributed by atoms with E-state index >= 15 is 0 Å². The van der Waals surface area contributed by atoms with Crippen molar-refractivity contribution in [2.45, 2.75) is 33.4 Å². The molecule has 0 aliphatic rings. The summed E-state index contributed by atoms with van der Waals surface area (Å²) in [6.45, 7) is 6.49. The quantitative estimate of drug-likeness (QED) is 0.771. The van der Waals surface area contributed by atoms with Crippen LogP contribution in [0.1, 0.15) is 25.0 Å². The van der Waals surface area contributed by atoms with Crippen LogP contribution >= 0.6 is 0 Å². The Bertz CT molecular complexity index is 668. The molecule has 2 aromatic carbocycles. The van der Waals surface area contributed by atoms with Crippen molar-refractivity contribution in [3.05, 3.63) is 59.4 Å². The van der Waals surface area contributed by atoms with Crippen LogP contribution in [-0.4, -0.2) is 12.1 Å². The lowest BCUT2D eigenvalue weighted by molar-refractivity contribution is 0.251. The average Bonchev–Trinajstić information content (AvgIpc) is 2.49. The molecule has 0 radical (unpaired) electrons. The summed E-state index contributed by atoms with van der Waals surface area (Å²) in [6.07, 6.45) is 0. The third-order valence-corrected chi connectivity index (χ3v) is 3.29. The maximum Gasteiger partial charge on any atom is 0.319 e. The summed E-state index contributed by atoms with van der Waals surface area (Å²) in [6, 6.07) is 11.8. The van der Waals surface area contributed by atoms with Gasteiger partial charge in [0, 0.05) is 24.0 Å². The molecule has 0 bridgehead atoms. The number of benzene rings is 2. The first-order valence-corrected chi connectivity index (χ1v) is 7.60. The van der Waals surface area contributed by atoms with Crippen LogP contribution < -0.4 is 16.0 Å². The second-order valence-corrected chi connectivity index (χ2v) is 5.76. The molecule has 0 unspecified atom stereocenters. The van der Waals surface area contributed by atoms with Gasteiger partial charge in [0.1, 0.15) is 5.82 Å². The molecule has 0 atom stereocenters. The van der Waals surface area contributed by atoms with Gasteiger partial charge in [-0.1, -0.05) is 12.1 Å². The Kier molecular flexibility index (Phi) is 5.57. The SMILES string of the molecule is Cc1cc(NC(=O)NCc2ccc(F)cc2)ccc1NC(C)C. The van der Waals surface area contributed by atoms with E-state index in [4.69, 9.17) is 0 Å². The van der Waals surface area contributed by atoms with E-state index in [2.05, 4.69) is 29.8 Å². The Morgan fingerprint density at radius 3 is 2.43 bits per heavy atom. The number of carbonyl (C=O) groups is 1. The molecular formula is C18H22FN3O. The lowest BCUT2D eigenvalue weighted by Gasteiger charge is -2.14. The summed E-state index contributed by atoms with van der Waals surface area (Å²) >= 11 is 0. The monoisotopic (exact) mass is 315 g/mol. The van der Waals surface area contributed by atoms with E-state index in [0.29, 0.717) is 12.6 Å². The first kappa shape index (κ1) is 16.8. The molecule has 0 spiro atoms. The zero-order valence-corrected chi connectivity index (χ0v) is 13.6. The Hall–Kier alpha value is -2.56. The molecule has 0 aromatic heterocycles. The molecule has 2 rings (SSSR count). The number of hydrogen-bond donors (Lipinski definition) is 3. The van der Waals surface area contributed by atoms with Crippen molar-refractivity contribution >= 4 is 17.4 Å². The second-order valence-electron chi connectivity index (χ2n) is 5.76. The maximum absolute atomic E-state index is 12.8. The largest absolute Gasteiger partial charge is 0.383 e. The fraction of sp³-hybridized carbons (Fsp3) is 0.278. The van der Waals surface area contributed by atoms with Crippen LogP contribution in [0.5, 0.6) is 0 Å². The van der Waals surface area contributed by atoms with Crippen LogP contribution in [0.2, 0.25) is 0 Å². The lowest BCUT2D eigenvalue weighted by atomic mass is 10.1. The molecule has 0 fully saturated rings. The number of anilines is 2. The van der Waals surface area contributed by atoms with Gasteiger partial charge in [-0.15, -0.1) is 0 Å². The minimum absolute atomic E-state index is 0.288. The zero-order valence-electron chi connectivity index (χ0n) is 13.6.